The van der Waals surface area contributed by atoms with Crippen molar-refractivity contribution in [3.8, 4) is 0 Å². The van der Waals surface area contributed by atoms with Gasteiger partial charge >= 0.3 is 0 Å². The van der Waals surface area contributed by atoms with Gasteiger partial charge in [0.2, 0.25) is 5.91 Å². The monoisotopic (exact) mass is 393 g/mol. The van der Waals surface area contributed by atoms with E-state index in [1.54, 1.807) is 0 Å². The van der Waals surface area contributed by atoms with Gasteiger partial charge in [0.1, 0.15) is 0 Å². The van der Waals surface area contributed by atoms with Crippen LogP contribution in [0.2, 0.25) is 0 Å². The van der Waals surface area contributed by atoms with Crippen molar-refractivity contribution in [3.05, 3.63) is 22.4 Å². The van der Waals surface area contributed by atoms with Crippen LogP contribution in [0.5, 0.6) is 0 Å². The van der Waals surface area contributed by atoms with Crippen LogP contribution in [0, 0.1) is 5.41 Å². The van der Waals surface area contributed by atoms with Gasteiger partial charge in [-0.1, -0.05) is 6.07 Å². The molecule has 0 spiro atoms. The topological polar surface area (TPSA) is 68.8 Å². The molecule has 1 aromatic rings. The molecule has 1 aliphatic rings. The molecule has 0 saturated carbocycles. The van der Waals surface area contributed by atoms with Crippen LogP contribution in [0.3, 0.4) is 0 Å². The van der Waals surface area contributed by atoms with Crippen molar-refractivity contribution in [1.29, 1.82) is 0 Å². The minimum absolute atomic E-state index is 0.0399. The molecule has 2 rings (SSSR count). The molecule has 0 bridgehead atoms. The second-order valence-corrected chi connectivity index (χ2v) is 8.57. The fourth-order valence-corrected chi connectivity index (χ4v) is 4.09. The summed E-state index contributed by atoms with van der Waals surface area (Å²) in [6.07, 6.45) is 2.55. The molecule has 1 atom stereocenters. The van der Waals surface area contributed by atoms with Crippen molar-refractivity contribution in [2.24, 2.45) is 10.4 Å². The minimum atomic E-state index is -0.527. The Balaban J connectivity index is 2.01. The maximum absolute atomic E-state index is 12.2. The quantitative estimate of drug-likeness (QED) is 0.446. The van der Waals surface area contributed by atoms with Crippen molar-refractivity contribution in [2.45, 2.75) is 46.6 Å². The van der Waals surface area contributed by atoms with E-state index in [9.17, 15) is 4.79 Å². The summed E-state index contributed by atoms with van der Waals surface area (Å²) in [6, 6.07) is 4.71. The Labute approximate surface area is 167 Å². The van der Waals surface area contributed by atoms with Gasteiger partial charge in [0, 0.05) is 24.5 Å². The molecule has 2 heterocycles. The van der Waals surface area contributed by atoms with Crippen LogP contribution < -0.4 is 16.0 Å². The number of rotatable bonds is 9. The molecule has 1 aromatic heterocycles. The fourth-order valence-electron chi connectivity index (χ4n) is 3.23. The lowest BCUT2D eigenvalue weighted by Crippen LogP contribution is -2.44. The van der Waals surface area contributed by atoms with E-state index in [1.807, 2.05) is 32.1 Å². The molecule has 0 aliphatic carbocycles. The molecule has 1 unspecified atom stereocenters. The summed E-state index contributed by atoms with van der Waals surface area (Å²) in [5, 5.41) is 11.8. The Morgan fingerprint density at radius 3 is 2.52 bits per heavy atom. The second-order valence-electron chi connectivity index (χ2n) is 7.59. The summed E-state index contributed by atoms with van der Waals surface area (Å²) in [5.41, 5.74) is -0.527. The van der Waals surface area contributed by atoms with Crippen LogP contribution in [0.4, 0.5) is 0 Å². The summed E-state index contributed by atoms with van der Waals surface area (Å²) in [7, 11) is 0. The van der Waals surface area contributed by atoms with Crippen LogP contribution in [-0.4, -0.2) is 56.0 Å². The first-order valence-corrected chi connectivity index (χ1v) is 10.9. The molecule has 1 fully saturated rings. The third-order valence-electron chi connectivity index (χ3n) is 4.84. The Bertz CT molecular complexity index is 594. The molecule has 6 nitrogen and oxygen atoms in total. The lowest BCUT2D eigenvalue weighted by molar-refractivity contribution is -0.128. The molecule has 1 amide bonds. The Hall–Kier alpha value is -1.60. The number of aliphatic imine (C=N–C) groups is 1. The van der Waals surface area contributed by atoms with Crippen LogP contribution in [0.15, 0.2) is 22.5 Å². The van der Waals surface area contributed by atoms with E-state index in [0.717, 1.165) is 32.1 Å². The Morgan fingerprint density at radius 2 is 1.93 bits per heavy atom. The molecule has 1 saturated heterocycles. The number of thiophene rings is 1. The summed E-state index contributed by atoms with van der Waals surface area (Å²) in [6.45, 7) is 12.9. The maximum Gasteiger partial charge on any atom is 0.227 e. The van der Waals surface area contributed by atoms with Crippen molar-refractivity contribution in [3.63, 3.8) is 0 Å². The number of amides is 1. The minimum Gasteiger partial charge on any atom is -0.357 e. The predicted molar refractivity (Wildman–Crippen MR) is 114 cm³/mol. The zero-order chi connectivity index (χ0) is 19.7. The molecule has 0 aromatic carbocycles. The molecular formula is C20H35N5OS. The summed E-state index contributed by atoms with van der Waals surface area (Å²) in [5.74, 6) is 0.814. The van der Waals surface area contributed by atoms with E-state index >= 15 is 0 Å². The van der Waals surface area contributed by atoms with E-state index in [0.29, 0.717) is 19.1 Å². The largest absolute Gasteiger partial charge is 0.357 e. The Kier molecular flexibility index (Phi) is 8.57. The molecule has 1 aliphatic heterocycles. The third-order valence-corrected chi connectivity index (χ3v) is 5.82. The van der Waals surface area contributed by atoms with Crippen molar-refractivity contribution in [2.75, 3.05) is 39.3 Å². The van der Waals surface area contributed by atoms with Crippen molar-refractivity contribution in [1.82, 2.24) is 20.9 Å². The van der Waals surface area contributed by atoms with Gasteiger partial charge in [-0.05, 0) is 65.1 Å². The first-order valence-electron chi connectivity index (χ1n) is 10.1. The van der Waals surface area contributed by atoms with Crippen LogP contribution in [-0.2, 0) is 4.79 Å². The normalized spacial score (nSPS) is 17.0. The van der Waals surface area contributed by atoms with E-state index in [1.165, 1.54) is 17.7 Å². The average Bonchev–Trinajstić information content (AvgIpc) is 3.34. The molecule has 7 heteroatoms. The highest BCUT2D eigenvalue weighted by atomic mass is 32.1. The second kappa shape index (κ2) is 10.7. The Morgan fingerprint density at radius 1 is 1.22 bits per heavy atom. The zero-order valence-corrected chi connectivity index (χ0v) is 18.0. The summed E-state index contributed by atoms with van der Waals surface area (Å²) in [4.78, 5) is 20.8. The zero-order valence-electron chi connectivity index (χ0n) is 17.2. The smallest absolute Gasteiger partial charge is 0.227 e. The van der Waals surface area contributed by atoms with Gasteiger partial charge in [0.25, 0.3) is 0 Å². The van der Waals surface area contributed by atoms with Crippen molar-refractivity contribution < 1.29 is 4.79 Å². The molecular weight excluding hydrogens is 358 g/mol. The van der Waals surface area contributed by atoms with E-state index in [2.05, 4.69) is 50.3 Å². The van der Waals surface area contributed by atoms with Gasteiger partial charge < -0.3 is 16.0 Å². The third kappa shape index (κ3) is 6.50. The number of hydrogen-bond acceptors (Lipinski definition) is 4. The molecule has 3 N–H and O–H groups in total. The van der Waals surface area contributed by atoms with Crippen LogP contribution in [0.25, 0.3) is 0 Å². The number of hydrogen-bond donors (Lipinski definition) is 3. The highest BCUT2D eigenvalue weighted by Crippen LogP contribution is 2.27. The number of carbonyl (C=O) groups is 1. The number of nitrogens with zero attached hydrogens (tertiary/aromatic N) is 2. The summed E-state index contributed by atoms with van der Waals surface area (Å²) < 4.78 is 0. The molecule has 0 radical (unpaired) electrons. The number of guanidine groups is 1. The number of likely N-dealkylation sites (tertiary alicyclic amines) is 1. The maximum atomic E-state index is 12.2. The average molecular weight is 394 g/mol. The van der Waals surface area contributed by atoms with Gasteiger partial charge in [0.15, 0.2) is 5.96 Å². The lowest BCUT2D eigenvalue weighted by Gasteiger charge is -2.28. The fraction of sp³-hybridized carbons (Fsp3) is 0.700. The van der Waals surface area contributed by atoms with Crippen LogP contribution in [0.1, 0.15) is 51.5 Å². The highest BCUT2D eigenvalue weighted by Gasteiger charge is 2.27. The molecule has 27 heavy (non-hydrogen) atoms. The van der Waals surface area contributed by atoms with Gasteiger partial charge in [0.05, 0.1) is 18.0 Å². The first kappa shape index (κ1) is 21.7. The first-order chi connectivity index (χ1) is 13.0. The van der Waals surface area contributed by atoms with Gasteiger partial charge in [-0.3, -0.25) is 14.7 Å². The van der Waals surface area contributed by atoms with E-state index < -0.39 is 5.41 Å². The molecule has 152 valence electrons. The summed E-state index contributed by atoms with van der Waals surface area (Å²) >= 11 is 1.82. The number of carbonyl (C=O) groups excluding carboxylic acids is 1. The number of nitrogens with one attached hydrogen (secondary N) is 3. The SMILES string of the molecule is CCNC(=O)C(C)(C)CN=C(NCC)NCC(c1cccs1)N1CCCC1. The van der Waals surface area contributed by atoms with Gasteiger partial charge in [-0.15, -0.1) is 11.3 Å². The van der Waals surface area contributed by atoms with Crippen molar-refractivity contribution >= 4 is 23.2 Å². The van der Waals surface area contributed by atoms with Gasteiger partial charge in [-0.25, -0.2) is 0 Å². The highest BCUT2D eigenvalue weighted by molar-refractivity contribution is 7.10. The van der Waals surface area contributed by atoms with E-state index in [4.69, 9.17) is 0 Å². The van der Waals surface area contributed by atoms with Gasteiger partial charge in [-0.2, -0.15) is 0 Å². The lowest BCUT2D eigenvalue weighted by atomic mass is 9.92. The predicted octanol–water partition coefficient (Wildman–Crippen LogP) is 2.60. The van der Waals surface area contributed by atoms with Crippen LogP contribution >= 0.6 is 11.3 Å². The standard InChI is InChI=1S/C20H35N5OS/c1-5-21-18(26)20(3,4)15-24-19(22-6-2)23-14-16(17-10-9-13-27-17)25-11-7-8-12-25/h9-10,13,16H,5-8,11-12,14-15H2,1-4H3,(H,21,26)(H2,22,23,24). The van der Waals surface area contributed by atoms with E-state index in [-0.39, 0.29) is 5.91 Å².